The third-order valence-corrected chi connectivity index (χ3v) is 3.34. The highest BCUT2D eigenvalue weighted by atomic mass is 19.1. The van der Waals surface area contributed by atoms with E-state index in [0.717, 1.165) is 11.2 Å². The number of nitrogens with zero attached hydrogens (tertiary/aromatic N) is 2. The first-order valence-electron chi connectivity index (χ1n) is 7.06. The quantitative estimate of drug-likeness (QED) is 0.702. The van der Waals surface area contributed by atoms with Crippen molar-refractivity contribution in [2.24, 2.45) is 0 Å². The molecule has 0 radical (unpaired) electrons. The van der Waals surface area contributed by atoms with E-state index in [1.54, 1.807) is 31.4 Å². The fourth-order valence-corrected chi connectivity index (χ4v) is 2.30. The van der Waals surface area contributed by atoms with E-state index in [0.29, 0.717) is 16.8 Å². The van der Waals surface area contributed by atoms with Crippen LogP contribution in [0.15, 0.2) is 42.7 Å². The second-order valence-electron chi connectivity index (χ2n) is 5.09. The number of nitrogens with one attached hydrogen (secondary N) is 1. The molecule has 4 nitrogen and oxygen atoms in total. The second kappa shape index (κ2) is 5.93. The lowest BCUT2D eigenvalue weighted by Gasteiger charge is -1.99. The first-order valence-corrected chi connectivity index (χ1v) is 7.06. The number of aromatic nitrogens is 2. The van der Waals surface area contributed by atoms with Gasteiger partial charge in [-0.2, -0.15) is 0 Å². The highest BCUT2D eigenvalue weighted by Crippen LogP contribution is 2.14. The van der Waals surface area contributed by atoms with E-state index in [1.165, 1.54) is 12.1 Å². The Balaban J connectivity index is 2.10. The minimum Gasteiger partial charge on any atom is -0.355 e. The van der Waals surface area contributed by atoms with Gasteiger partial charge in [0.2, 0.25) is 0 Å². The molecule has 1 N–H and O–H groups in total. The molecule has 0 unspecified atom stereocenters. The van der Waals surface area contributed by atoms with Crippen molar-refractivity contribution in [3.63, 3.8) is 0 Å². The molecule has 0 aliphatic heterocycles. The molecule has 114 valence electrons. The maximum atomic E-state index is 13.2. The standard InChI is InChI=1S/C18H14FN3O/c1-12-10-22-11-14(18(23)20-2)9-17(22)16(21-12)7-6-13-4-3-5-15(19)8-13/h3-5,8-11H,1-2H3,(H,20,23). The van der Waals surface area contributed by atoms with E-state index < -0.39 is 0 Å². The monoisotopic (exact) mass is 307 g/mol. The normalized spacial score (nSPS) is 10.2. The fourth-order valence-electron chi connectivity index (χ4n) is 2.30. The van der Waals surface area contributed by atoms with E-state index in [1.807, 2.05) is 17.5 Å². The third kappa shape index (κ3) is 3.06. The van der Waals surface area contributed by atoms with Crippen LogP contribution in [-0.4, -0.2) is 22.3 Å². The van der Waals surface area contributed by atoms with Crippen molar-refractivity contribution in [1.82, 2.24) is 14.7 Å². The number of benzene rings is 1. The average Bonchev–Trinajstić information content (AvgIpc) is 2.95. The molecule has 1 aromatic carbocycles. The van der Waals surface area contributed by atoms with Gasteiger partial charge in [0.15, 0.2) is 0 Å². The molecule has 2 aromatic heterocycles. The Hall–Kier alpha value is -3.13. The molecule has 0 aliphatic rings. The minimum atomic E-state index is -0.330. The number of amides is 1. The topological polar surface area (TPSA) is 46.4 Å². The molecular weight excluding hydrogens is 293 g/mol. The number of fused-ring (bicyclic) bond motifs is 1. The third-order valence-electron chi connectivity index (χ3n) is 3.34. The summed E-state index contributed by atoms with van der Waals surface area (Å²) in [5.41, 5.74) is 3.17. The maximum Gasteiger partial charge on any atom is 0.252 e. The number of halogens is 1. The summed E-state index contributed by atoms with van der Waals surface area (Å²) >= 11 is 0. The Kier molecular flexibility index (Phi) is 3.82. The molecule has 0 saturated heterocycles. The Bertz CT molecular complexity index is 963. The van der Waals surface area contributed by atoms with Crippen molar-refractivity contribution in [3.05, 3.63) is 71.1 Å². The van der Waals surface area contributed by atoms with Crippen LogP contribution in [-0.2, 0) is 0 Å². The van der Waals surface area contributed by atoms with E-state index in [-0.39, 0.29) is 11.7 Å². The van der Waals surface area contributed by atoms with Crippen LogP contribution in [0.25, 0.3) is 5.52 Å². The largest absolute Gasteiger partial charge is 0.355 e. The van der Waals surface area contributed by atoms with Crippen LogP contribution in [0, 0.1) is 24.6 Å². The lowest BCUT2D eigenvalue weighted by Crippen LogP contribution is -2.16. The van der Waals surface area contributed by atoms with Gasteiger partial charge in [-0.25, -0.2) is 9.37 Å². The van der Waals surface area contributed by atoms with Crippen LogP contribution < -0.4 is 5.32 Å². The van der Waals surface area contributed by atoms with Crippen LogP contribution >= 0.6 is 0 Å². The number of aryl methyl sites for hydroxylation is 1. The van der Waals surface area contributed by atoms with Crippen LogP contribution in [0.5, 0.6) is 0 Å². The van der Waals surface area contributed by atoms with Gasteiger partial charge < -0.3 is 9.72 Å². The van der Waals surface area contributed by atoms with E-state index >= 15 is 0 Å². The van der Waals surface area contributed by atoms with E-state index in [2.05, 4.69) is 22.1 Å². The molecular formula is C18H14FN3O. The Morgan fingerprint density at radius 1 is 1.26 bits per heavy atom. The first kappa shape index (κ1) is 14.8. The van der Waals surface area contributed by atoms with Gasteiger partial charge in [0.25, 0.3) is 5.91 Å². The summed E-state index contributed by atoms with van der Waals surface area (Å²) in [6, 6.07) is 7.82. The van der Waals surface area contributed by atoms with Crippen molar-refractivity contribution in [3.8, 4) is 11.8 Å². The molecule has 1 amide bonds. The van der Waals surface area contributed by atoms with E-state index in [9.17, 15) is 9.18 Å². The maximum absolute atomic E-state index is 13.2. The number of carbonyl (C=O) groups excluding carboxylic acids is 1. The molecule has 2 heterocycles. The Labute approximate surface area is 133 Å². The van der Waals surface area contributed by atoms with Gasteiger partial charge in [0, 0.05) is 25.0 Å². The average molecular weight is 307 g/mol. The second-order valence-corrected chi connectivity index (χ2v) is 5.09. The summed E-state index contributed by atoms with van der Waals surface area (Å²) in [6.07, 6.45) is 3.56. The van der Waals surface area contributed by atoms with Crippen LogP contribution in [0.1, 0.15) is 27.3 Å². The summed E-state index contributed by atoms with van der Waals surface area (Å²) in [6.45, 7) is 1.85. The SMILES string of the molecule is CNC(=O)c1cc2c(C#Cc3cccc(F)c3)nc(C)cn2c1. The predicted molar refractivity (Wildman–Crippen MR) is 85.7 cm³/mol. The minimum absolute atomic E-state index is 0.171. The lowest BCUT2D eigenvalue weighted by atomic mass is 10.2. The molecule has 0 atom stereocenters. The lowest BCUT2D eigenvalue weighted by molar-refractivity contribution is 0.0963. The zero-order valence-electron chi connectivity index (χ0n) is 12.7. The van der Waals surface area contributed by atoms with Crippen molar-refractivity contribution in [2.45, 2.75) is 6.92 Å². The first-order chi connectivity index (χ1) is 11.1. The van der Waals surface area contributed by atoms with Gasteiger partial charge in [-0.1, -0.05) is 12.0 Å². The number of carbonyl (C=O) groups is 1. The summed E-state index contributed by atoms with van der Waals surface area (Å²) in [7, 11) is 1.58. The molecule has 5 heteroatoms. The molecule has 3 aromatic rings. The van der Waals surface area contributed by atoms with Crippen LogP contribution in [0.2, 0.25) is 0 Å². The fraction of sp³-hybridized carbons (Fsp3) is 0.111. The van der Waals surface area contributed by atoms with Gasteiger partial charge in [0.1, 0.15) is 11.5 Å². The van der Waals surface area contributed by atoms with Crippen molar-refractivity contribution >= 4 is 11.4 Å². The highest BCUT2D eigenvalue weighted by molar-refractivity contribution is 5.95. The summed E-state index contributed by atoms with van der Waals surface area (Å²) in [4.78, 5) is 16.2. The van der Waals surface area contributed by atoms with Gasteiger partial charge in [-0.3, -0.25) is 4.79 Å². The number of rotatable bonds is 1. The molecule has 23 heavy (non-hydrogen) atoms. The summed E-state index contributed by atoms with van der Waals surface area (Å²) in [5, 5.41) is 2.59. The van der Waals surface area contributed by atoms with Gasteiger partial charge in [-0.05, 0) is 37.1 Å². The van der Waals surface area contributed by atoms with Gasteiger partial charge >= 0.3 is 0 Å². The van der Waals surface area contributed by atoms with Gasteiger partial charge in [0.05, 0.1) is 16.8 Å². The highest BCUT2D eigenvalue weighted by Gasteiger charge is 2.10. The van der Waals surface area contributed by atoms with Gasteiger partial charge in [-0.15, -0.1) is 0 Å². The number of hydrogen-bond acceptors (Lipinski definition) is 2. The zero-order valence-corrected chi connectivity index (χ0v) is 12.7. The van der Waals surface area contributed by atoms with Crippen LogP contribution in [0.3, 0.4) is 0 Å². The predicted octanol–water partition coefficient (Wildman–Crippen LogP) is 2.54. The molecule has 0 saturated carbocycles. The Morgan fingerprint density at radius 2 is 2.09 bits per heavy atom. The van der Waals surface area contributed by atoms with E-state index in [4.69, 9.17) is 0 Å². The smallest absolute Gasteiger partial charge is 0.252 e. The Morgan fingerprint density at radius 3 is 2.83 bits per heavy atom. The van der Waals surface area contributed by atoms with Crippen LogP contribution in [0.4, 0.5) is 4.39 Å². The molecule has 0 bridgehead atoms. The summed E-state index contributed by atoms with van der Waals surface area (Å²) in [5.74, 6) is 5.37. The molecule has 3 rings (SSSR count). The molecule has 0 spiro atoms. The van der Waals surface area contributed by atoms with Crippen molar-refractivity contribution < 1.29 is 9.18 Å². The molecule has 0 aliphatic carbocycles. The zero-order chi connectivity index (χ0) is 16.4. The van der Waals surface area contributed by atoms with Crippen molar-refractivity contribution in [1.29, 1.82) is 0 Å². The number of hydrogen-bond donors (Lipinski definition) is 1. The molecule has 0 fully saturated rings. The van der Waals surface area contributed by atoms with Crippen molar-refractivity contribution in [2.75, 3.05) is 7.05 Å². The summed E-state index contributed by atoms with van der Waals surface area (Å²) < 4.78 is 15.0.